The summed E-state index contributed by atoms with van der Waals surface area (Å²) in [5.41, 5.74) is 2.37. The summed E-state index contributed by atoms with van der Waals surface area (Å²) in [6.07, 6.45) is 0.670. The van der Waals surface area contributed by atoms with Gasteiger partial charge < -0.3 is 10.7 Å². The van der Waals surface area contributed by atoms with Crippen molar-refractivity contribution in [1.29, 1.82) is 0 Å². The van der Waals surface area contributed by atoms with Crippen LogP contribution in [0.4, 0.5) is 10.1 Å². The lowest BCUT2D eigenvalue weighted by Crippen LogP contribution is -2.27. The van der Waals surface area contributed by atoms with Crippen LogP contribution < -0.4 is 16.6 Å². The van der Waals surface area contributed by atoms with Crippen LogP contribution in [0, 0.1) is 5.82 Å². The summed E-state index contributed by atoms with van der Waals surface area (Å²) in [6, 6.07) is 7.93. The van der Waals surface area contributed by atoms with Crippen LogP contribution in [0.3, 0.4) is 0 Å². The largest absolute Gasteiger partial charge is 0.352 e. The molecule has 4 nitrogen and oxygen atoms in total. The van der Waals surface area contributed by atoms with E-state index < -0.39 is 5.82 Å². The number of rotatable bonds is 5. The number of hydrogen-bond acceptors (Lipinski definition) is 4. The van der Waals surface area contributed by atoms with Crippen molar-refractivity contribution in [3.63, 3.8) is 0 Å². The van der Waals surface area contributed by atoms with Crippen LogP contribution >= 0.6 is 22.9 Å². The van der Waals surface area contributed by atoms with Crippen LogP contribution in [0.5, 0.6) is 0 Å². The summed E-state index contributed by atoms with van der Waals surface area (Å²) in [7, 11) is 0. The van der Waals surface area contributed by atoms with Crippen LogP contribution in [0.25, 0.3) is 0 Å². The molecular weight excluding hydrogens is 301 g/mol. The summed E-state index contributed by atoms with van der Waals surface area (Å²) < 4.78 is 14.2. The maximum atomic E-state index is 13.5. The van der Waals surface area contributed by atoms with E-state index in [9.17, 15) is 9.18 Å². The summed E-state index contributed by atoms with van der Waals surface area (Å²) in [6.45, 7) is 0.441. The Labute approximate surface area is 124 Å². The second-order valence-electron chi connectivity index (χ2n) is 4.02. The van der Waals surface area contributed by atoms with Crippen molar-refractivity contribution in [2.75, 3.05) is 12.0 Å². The highest BCUT2D eigenvalue weighted by atomic mass is 35.5. The number of nitrogens with two attached hydrogens (primary N) is 1. The van der Waals surface area contributed by atoms with E-state index in [1.165, 1.54) is 29.5 Å². The van der Waals surface area contributed by atoms with Crippen molar-refractivity contribution in [2.24, 2.45) is 5.84 Å². The highest BCUT2D eigenvalue weighted by Gasteiger charge is 2.13. The average molecular weight is 314 g/mol. The topological polar surface area (TPSA) is 67.1 Å². The monoisotopic (exact) mass is 313 g/mol. The second-order valence-corrected chi connectivity index (χ2v) is 5.82. The van der Waals surface area contributed by atoms with Crippen LogP contribution in [-0.2, 0) is 6.42 Å². The number of amides is 1. The first-order valence-electron chi connectivity index (χ1n) is 5.89. The number of nitrogens with one attached hydrogen (secondary N) is 2. The molecule has 2 aromatic rings. The number of carbonyl (C=O) groups is 1. The molecule has 0 aliphatic rings. The molecule has 0 spiro atoms. The second kappa shape index (κ2) is 6.69. The number of thiophene rings is 1. The SMILES string of the molecule is NNc1c(F)cccc1C(=O)NCCc1ccc(Cl)s1. The molecule has 20 heavy (non-hydrogen) atoms. The smallest absolute Gasteiger partial charge is 0.253 e. The quantitative estimate of drug-likeness (QED) is 0.587. The first-order valence-corrected chi connectivity index (χ1v) is 7.09. The lowest BCUT2D eigenvalue weighted by atomic mass is 10.1. The number of hydrazine groups is 1. The number of para-hydroxylation sites is 1. The minimum atomic E-state index is -0.565. The first kappa shape index (κ1) is 14.8. The Hall–Kier alpha value is -1.63. The van der Waals surface area contributed by atoms with Crippen LogP contribution in [0.2, 0.25) is 4.34 Å². The number of halogens is 2. The van der Waals surface area contributed by atoms with Gasteiger partial charge in [-0.3, -0.25) is 10.6 Å². The van der Waals surface area contributed by atoms with Crippen molar-refractivity contribution in [3.8, 4) is 0 Å². The van der Waals surface area contributed by atoms with Crippen LogP contribution in [0.1, 0.15) is 15.2 Å². The molecule has 0 atom stereocenters. The number of carbonyl (C=O) groups excluding carboxylic acids is 1. The Balaban J connectivity index is 1.97. The third-order valence-corrected chi connectivity index (χ3v) is 3.98. The van der Waals surface area contributed by atoms with E-state index in [1.807, 2.05) is 12.1 Å². The molecule has 0 bridgehead atoms. The zero-order valence-electron chi connectivity index (χ0n) is 10.5. The maximum Gasteiger partial charge on any atom is 0.253 e. The summed E-state index contributed by atoms with van der Waals surface area (Å²) in [4.78, 5) is 13.1. The van der Waals surface area contributed by atoms with Crippen molar-refractivity contribution in [3.05, 3.63) is 50.9 Å². The normalized spacial score (nSPS) is 10.3. The summed E-state index contributed by atoms with van der Waals surface area (Å²) >= 11 is 7.29. The molecule has 1 aromatic heterocycles. The van der Waals surface area contributed by atoms with E-state index in [4.69, 9.17) is 17.4 Å². The highest BCUT2D eigenvalue weighted by molar-refractivity contribution is 7.16. The minimum Gasteiger partial charge on any atom is -0.352 e. The molecule has 0 saturated heterocycles. The Morgan fingerprint density at radius 1 is 1.35 bits per heavy atom. The van der Waals surface area contributed by atoms with Gasteiger partial charge in [-0.1, -0.05) is 17.7 Å². The molecule has 0 radical (unpaired) electrons. The number of nitrogen functional groups attached to an aromatic ring is 1. The van der Waals surface area contributed by atoms with E-state index >= 15 is 0 Å². The van der Waals surface area contributed by atoms with Crippen molar-refractivity contribution in [1.82, 2.24) is 5.32 Å². The Kier molecular flexibility index (Phi) is 4.94. The van der Waals surface area contributed by atoms with Crippen molar-refractivity contribution in [2.45, 2.75) is 6.42 Å². The summed E-state index contributed by atoms with van der Waals surface area (Å²) in [5.74, 6) is 4.29. The van der Waals surface area contributed by atoms with E-state index in [0.29, 0.717) is 17.3 Å². The zero-order chi connectivity index (χ0) is 14.5. The van der Waals surface area contributed by atoms with Gasteiger partial charge in [0, 0.05) is 11.4 Å². The Morgan fingerprint density at radius 3 is 2.80 bits per heavy atom. The van der Waals surface area contributed by atoms with E-state index in [-0.39, 0.29) is 17.2 Å². The molecule has 7 heteroatoms. The zero-order valence-corrected chi connectivity index (χ0v) is 12.0. The standard InChI is InChI=1S/C13H13ClFN3OS/c14-11-5-4-8(20-11)6-7-17-13(19)9-2-1-3-10(15)12(9)18-16/h1-5,18H,6-7,16H2,(H,17,19). The fourth-order valence-corrected chi connectivity index (χ4v) is 2.83. The molecule has 0 saturated carbocycles. The Bertz CT molecular complexity index is 617. The predicted molar refractivity (Wildman–Crippen MR) is 79.6 cm³/mol. The molecule has 1 aromatic carbocycles. The number of hydrogen-bond donors (Lipinski definition) is 3. The predicted octanol–water partition coefficient (Wildman–Crippen LogP) is 2.80. The van der Waals surface area contributed by atoms with Crippen LogP contribution in [0.15, 0.2) is 30.3 Å². The fourth-order valence-electron chi connectivity index (χ4n) is 1.74. The molecule has 0 aliphatic carbocycles. The van der Waals surface area contributed by atoms with E-state index in [0.717, 1.165) is 4.88 Å². The van der Waals surface area contributed by atoms with Gasteiger partial charge in [0.05, 0.1) is 15.6 Å². The molecule has 0 aliphatic heterocycles. The van der Waals surface area contributed by atoms with Gasteiger partial charge in [0.2, 0.25) is 0 Å². The van der Waals surface area contributed by atoms with E-state index in [2.05, 4.69) is 10.7 Å². The van der Waals surface area contributed by atoms with Crippen molar-refractivity contribution >= 4 is 34.5 Å². The Morgan fingerprint density at radius 2 is 2.15 bits per heavy atom. The molecule has 106 valence electrons. The van der Waals surface area contributed by atoms with Gasteiger partial charge in [-0.2, -0.15) is 0 Å². The molecule has 0 unspecified atom stereocenters. The third kappa shape index (κ3) is 3.47. The van der Waals surface area contributed by atoms with Gasteiger partial charge in [0.15, 0.2) is 0 Å². The van der Waals surface area contributed by atoms with Gasteiger partial charge in [0.25, 0.3) is 5.91 Å². The molecule has 1 heterocycles. The third-order valence-electron chi connectivity index (χ3n) is 2.69. The summed E-state index contributed by atoms with van der Waals surface area (Å²) in [5, 5.41) is 2.72. The lowest BCUT2D eigenvalue weighted by molar-refractivity contribution is 0.0954. The molecule has 1 amide bonds. The molecular formula is C13H13ClFN3OS. The van der Waals surface area contributed by atoms with Gasteiger partial charge in [-0.05, 0) is 30.7 Å². The molecule has 0 fully saturated rings. The van der Waals surface area contributed by atoms with Gasteiger partial charge in [-0.15, -0.1) is 11.3 Å². The maximum absolute atomic E-state index is 13.5. The van der Waals surface area contributed by atoms with Gasteiger partial charge in [-0.25, -0.2) is 4.39 Å². The van der Waals surface area contributed by atoms with Crippen molar-refractivity contribution < 1.29 is 9.18 Å². The molecule has 2 rings (SSSR count). The van der Waals surface area contributed by atoms with Crippen LogP contribution in [-0.4, -0.2) is 12.5 Å². The van der Waals surface area contributed by atoms with E-state index in [1.54, 1.807) is 0 Å². The lowest BCUT2D eigenvalue weighted by Gasteiger charge is -2.10. The number of anilines is 1. The fraction of sp³-hybridized carbons (Fsp3) is 0.154. The van der Waals surface area contributed by atoms with Gasteiger partial charge in [0.1, 0.15) is 5.82 Å². The highest BCUT2D eigenvalue weighted by Crippen LogP contribution is 2.21. The first-order chi connectivity index (χ1) is 9.61. The minimum absolute atomic E-state index is 0.0100. The molecule has 4 N–H and O–H groups in total. The number of benzene rings is 1. The van der Waals surface area contributed by atoms with Gasteiger partial charge >= 0.3 is 0 Å². The average Bonchev–Trinajstić information content (AvgIpc) is 2.84.